The van der Waals surface area contributed by atoms with Gasteiger partial charge in [-0.2, -0.15) is 0 Å². The molecular weight excluding hydrogens is 222 g/mol. The Morgan fingerprint density at radius 3 is 2.69 bits per heavy atom. The molecule has 2 atom stereocenters. The number of methoxy groups -OCH3 is 1. The Balaban J connectivity index is 2.16. The molecule has 3 nitrogen and oxygen atoms in total. The standard InChI is InChI=1S/C12H25NO2S/c1-15-8-5-9-16(14)10-12(13)11-6-3-2-4-7-11/h11-12H,2-10,13H2,1H3. The van der Waals surface area contributed by atoms with E-state index in [0.717, 1.165) is 12.2 Å². The average Bonchev–Trinajstić information content (AvgIpc) is 2.30. The van der Waals surface area contributed by atoms with Gasteiger partial charge in [0.15, 0.2) is 0 Å². The average molecular weight is 247 g/mol. The summed E-state index contributed by atoms with van der Waals surface area (Å²) in [6.45, 7) is 0.699. The summed E-state index contributed by atoms with van der Waals surface area (Å²) < 4.78 is 16.7. The quantitative estimate of drug-likeness (QED) is 0.696. The van der Waals surface area contributed by atoms with Crippen molar-refractivity contribution in [2.45, 2.75) is 44.6 Å². The fourth-order valence-corrected chi connectivity index (χ4v) is 3.67. The summed E-state index contributed by atoms with van der Waals surface area (Å²) in [7, 11) is 0.919. The zero-order valence-electron chi connectivity index (χ0n) is 10.3. The third-order valence-corrected chi connectivity index (χ3v) is 4.85. The van der Waals surface area contributed by atoms with Gasteiger partial charge in [-0.3, -0.25) is 4.21 Å². The Labute approximate surface area is 102 Å². The van der Waals surface area contributed by atoms with E-state index in [1.54, 1.807) is 7.11 Å². The van der Waals surface area contributed by atoms with E-state index < -0.39 is 10.8 Å². The fraction of sp³-hybridized carbons (Fsp3) is 1.00. The van der Waals surface area contributed by atoms with Gasteiger partial charge in [-0.1, -0.05) is 19.3 Å². The van der Waals surface area contributed by atoms with Crippen LogP contribution in [-0.2, 0) is 15.5 Å². The third-order valence-electron chi connectivity index (χ3n) is 3.35. The van der Waals surface area contributed by atoms with Gasteiger partial charge in [0.2, 0.25) is 0 Å². The van der Waals surface area contributed by atoms with Crippen molar-refractivity contribution in [3.8, 4) is 0 Å². The Morgan fingerprint density at radius 1 is 1.38 bits per heavy atom. The van der Waals surface area contributed by atoms with E-state index in [-0.39, 0.29) is 6.04 Å². The topological polar surface area (TPSA) is 52.3 Å². The third kappa shape index (κ3) is 5.41. The first-order valence-corrected chi connectivity index (χ1v) is 7.82. The van der Waals surface area contributed by atoms with Gasteiger partial charge in [-0.15, -0.1) is 0 Å². The molecule has 1 fully saturated rings. The predicted molar refractivity (Wildman–Crippen MR) is 68.9 cm³/mol. The van der Waals surface area contributed by atoms with Crippen LogP contribution in [0.4, 0.5) is 0 Å². The lowest BCUT2D eigenvalue weighted by Gasteiger charge is -2.27. The summed E-state index contributed by atoms with van der Waals surface area (Å²) in [5, 5.41) is 0. The predicted octanol–water partition coefficient (Wildman–Crippen LogP) is 1.68. The summed E-state index contributed by atoms with van der Waals surface area (Å²) in [5.74, 6) is 2.02. The van der Waals surface area contributed by atoms with Gasteiger partial charge in [-0.05, 0) is 25.2 Å². The van der Waals surface area contributed by atoms with Crippen molar-refractivity contribution in [2.24, 2.45) is 11.7 Å². The molecule has 4 heteroatoms. The maximum absolute atomic E-state index is 11.7. The maximum Gasteiger partial charge on any atom is 0.0471 e. The highest BCUT2D eigenvalue weighted by Crippen LogP contribution is 2.25. The molecule has 0 heterocycles. The van der Waals surface area contributed by atoms with Crippen molar-refractivity contribution in [2.75, 3.05) is 25.2 Å². The highest BCUT2D eigenvalue weighted by molar-refractivity contribution is 7.85. The highest BCUT2D eigenvalue weighted by Gasteiger charge is 2.21. The van der Waals surface area contributed by atoms with Crippen LogP contribution in [0.5, 0.6) is 0 Å². The maximum atomic E-state index is 11.7. The zero-order chi connectivity index (χ0) is 11.8. The molecular formula is C12H25NO2S. The smallest absolute Gasteiger partial charge is 0.0471 e. The molecule has 1 saturated carbocycles. The molecule has 2 unspecified atom stereocenters. The Hall–Kier alpha value is 0.0700. The molecule has 1 aliphatic rings. The van der Waals surface area contributed by atoms with E-state index in [0.29, 0.717) is 18.3 Å². The van der Waals surface area contributed by atoms with Crippen LogP contribution >= 0.6 is 0 Å². The monoisotopic (exact) mass is 247 g/mol. The molecule has 0 radical (unpaired) electrons. The number of ether oxygens (including phenoxy) is 1. The van der Waals surface area contributed by atoms with Gasteiger partial charge < -0.3 is 10.5 Å². The first kappa shape index (κ1) is 14.1. The molecule has 16 heavy (non-hydrogen) atoms. The van der Waals surface area contributed by atoms with E-state index in [1.807, 2.05) is 0 Å². The van der Waals surface area contributed by atoms with Gasteiger partial charge in [0, 0.05) is 42.1 Å². The molecule has 0 amide bonds. The molecule has 1 rings (SSSR count). The second-order valence-corrected chi connectivity index (χ2v) is 6.34. The minimum Gasteiger partial charge on any atom is -0.385 e. The lowest BCUT2D eigenvalue weighted by molar-refractivity contribution is 0.200. The van der Waals surface area contributed by atoms with E-state index in [9.17, 15) is 4.21 Å². The Bertz CT molecular complexity index is 205. The molecule has 0 saturated heterocycles. The molecule has 0 bridgehead atoms. The molecule has 0 aliphatic heterocycles. The first-order chi connectivity index (χ1) is 7.74. The van der Waals surface area contributed by atoms with E-state index in [1.165, 1.54) is 32.1 Å². The van der Waals surface area contributed by atoms with E-state index in [4.69, 9.17) is 10.5 Å². The van der Waals surface area contributed by atoms with E-state index in [2.05, 4.69) is 0 Å². The summed E-state index contributed by atoms with van der Waals surface area (Å²) in [6.07, 6.45) is 7.29. The van der Waals surface area contributed by atoms with Crippen molar-refractivity contribution >= 4 is 10.8 Å². The SMILES string of the molecule is COCCCS(=O)CC(N)C1CCCCC1. The van der Waals surface area contributed by atoms with Crippen molar-refractivity contribution in [3.05, 3.63) is 0 Å². The normalized spacial score (nSPS) is 21.9. The first-order valence-electron chi connectivity index (χ1n) is 6.33. The van der Waals surface area contributed by atoms with Gasteiger partial charge in [0.05, 0.1) is 0 Å². The zero-order valence-corrected chi connectivity index (χ0v) is 11.1. The number of rotatable bonds is 7. The van der Waals surface area contributed by atoms with Gasteiger partial charge in [0.1, 0.15) is 0 Å². The van der Waals surface area contributed by atoms with E-state index >= 15 is 0 Å². The Kier molecular flexibility index (Phi) is 7.25. The minimum absolute atomic E-state index is 0.142. The molecule has 1 aliphatic carbocycles. The molecule has 0 aromatic heterocycles. The summed E-state index contributed by atoms with van der Waals surface area (Å²) >= 11 is 0. The van der Waals surface area contributed by atoms with Gasteiger partial charge >= 0.3 is 0 Å². The van der Waals surface area contributed by atoms with Crippen LogP contribution in [0.25, 0.3) is 0 Å². The van der Waals surface area contributed by atoms with Crippen LogP contribution in [0.2, 0.25) is 0 Å². The van der Waals surface area contributed by atoms with Crippen LogP contribution in [0.3, 0.4) is 0 Å². The lowest BCUT2D eigenvalue weighted by atomic mass is 9.85. The van der Waals surface area contributed by atoms with Crippen molar-refractivity contribution in [3.63, 3.8) is 0 Å². The number of nitrogens with two attached hydrogens (primary N) is 1. The van der Waals surface area contributed by atoms with Crippen molar-refractivity contribution < 1.29 is 8.95 Å². The summed E-state index contributed by atoms with van der Waals surface area (Å²) in [5.41, 5.74) is 6.13. The molecule has 96 valence electrons. The van der Waals surface area contributed by atoms with Crippen molar-refractivity contribution in [1.82, 2.24) is 0 Å². The fourth-order valence-electron chi connectivity index (χ4n) is 2.36. The van der Waals surface area contributed by atoms with Crippen LogP contribution in [-0.4, -0.2) is 35.5 Å². The second-order valence-electron chi connectivity index (χ2n) is 4.72. The molecule has 2 N–H and O–H groups in total. The van der Waals surface area contributed by atoms with Crippen LogP contribution in [0.1, 0.15) is 38.5 Å². The number of hydrogen-bond acceptors (Lipinski definition) is 3. The van der Waals surface area contributed by atoms with Gasteiger partial charge in [0.25, 0.3) is 0 Å². The lowest BCUT2D eigenvalue weighted by Crippen LogP contribution is -2.37. The molecule has 0 aromatic rings. The van der Waals surface area contributed by atoms with Crippen LogP contribution < -0.4 is 5.73 Å². The highest BCUT2D eigenvalue weighted by atomic mass is 32.2. The van der Waals surface area contributed by atoms with Crippen LogP contribution in [0, 0.1) is 5.92 Å². The number of hydrogen-bond donors (Lipinski definition) is 1. The Morgan fingerprint density at radius 2 is 2.06 bits per heavy atom. The van der Waals surface area contributed by atoms with Crippen molar-refractivity contribution in [1.29, 1.82) is 0 Å². The largest absolute Gasteiger partial charge is 0.385 e. The summed E-state index contributed by atoms with van der Waals surface area (Å²) in [6, 6.07) is 0.142. The summed E-state index contributed by atoms with van der Waals surface area (Å²) in [4.78, 5) is 0. The minimum atomic E-state index is -0.758. The van der Waals surface area contributed by atoms with Gasteiger partial charge in [-0.25, -0.2) is 0 Å². The molecule has 0 aromatic carbocycles. The van der Waals surface area contributed by atoms with Crippen LogP contribution in [0.15, 0.2) is 0 Å². The second kappa shape index (κ2) is 8.20. The molecule has 0 spiro atoms.